The summed E-state index contributed by atoms with van der Waals surface area (Å²) in [6.45, 7) is 0.899. The van der Waals surface area contributed by atoms with Crippen molar-refractivity contribution in [2.45, 2.75) is 12.8 Å². The molecule has 96 valence electrons. The Morgan fingerprint density at radius 1 is 1.05 bits per heavy atom. The number of pyridine rings is 1. The van der Waals surface area contributed by atoms with Gasteiger partial charge in [-0.1, -0.05) is 18.2 Å². The molecule has 0 saturated heterocycles. The van der Waals surface area contributed by atoms with Crippen molar-refractivity contribution in [1.82, 2.24) is 9.97 Å². The maximum atomic E-state index is 5.62. The summed E-state index contributed by atoms with van der Waals surface area (Å²) >= 11 is 0. The number of para-hydroxylation sites is 1. The smallest absolute Gasteiger partial charge is 0.198 e. The number of rotatable bonds is 5. The highest BCUT2D eigenvalue weighted by atomic mass is 16.3. The summed E-state index contributed by atoms with van der Waals surface area (Å²) in [5.41, 5.74) is 2.59. The zero-order valence-corrected chi connectivity index (χ0v) is 10.5. The Balaban J connectivity index is 1.52. The van der Waals surface area contributed by atoms with Crippen molar-refractivity contribution >= 4 is 16.9 Å². The van der Waals surface area contributed by atoms with E-state index in [2.05, 4.69) is 27.4 Å². The monoisotopic (exact) mass is 253 g/mol. The summed E-state index contributed by atoms with van der Waals surface area (Å²) in [7, 11) is 0. The summed E-state index contributed by atoms with van der Waals surface area (Å²) in [6, 6.07) is 13.9. The molecule has 0 spiro atoms. The van der Waals surface area contributed by atoms with Crippen LogP contribution in [0.15, 0.2) is 53.1 Å². The number of oxazole rings is 1. The summed E-state index contributed by atoms with van der Waals surface area (Å²) in [5, 5.41) is 3.36. The molecule has 0 fully saturated rings. The van der Waals surface area contributed by atoms with E-state index in [1.54, 1.807) is 6.20 Å². The van der Waals surface area contributed by atoms with Gasteiger partial charge in [-0.05, 0) is 30.7 Å². The molecule has 2 aromatic heterocycles. The number of nitrogens with one attached hydrogen (secondary N) is 1. The molecule has 0 amide bonds. The summed E-state index contributed by atoms with van der Waals surface area (Å²) in [4.78, 5) is 8.51. The molecule has 4 nitrogen and oxygen atoms in total. The highest BCUT2D eigenvalue weighted by molar-refractivity contribution is 5.66. The minimum absolute atomic E-state index is 0.688. The predicted molar refractivity (Wildman–Crippen MR) is 75.1 cm³/mol. The van der Waals surface area contributed by atoms with Gasteiger partial charge in [-0.25, -0.2) is 4.98 Å². The number of benzene rings is 1. The average Bonchev–Trinajstić information content (AvgIpc) is 2.87. The Bertz CT molecular complexity index is 616. The normalized spacial score (nSPS) is 10.7. The molecule has 0 aliphatic rings. The largest absolute Gasteiger partial charge is 0.439 e. The SMILES string of the molecule is c1ccc(NCCCc2nc3ncccc3o2)cc1. The second-order valence-electron chi connectivity index (χ2n) is 4.33. The van der Waals surface area contributed by atoms with Crippen molar-refractivity contribution < 1.29 is 4.42 Å². The molecule has 3 aromatic rings. The lowest BCUT2D eigenvalue weighted by Crippen LogP contribution is -2.02. The van der Waals surface area contributed by atoms with Crippen molar-refractivity contribution in [3.05, 3.63) is 54.6 Å². The molecule has 3 rings (SSSR count). The summed E-state index contributed by atoms with van der Waals surface area (Å²) in [5.74, 6) is 0.753. The fourth-order valence-electron chi connectivity index (χ4n) is 1.95. The molecule has 0 bridgehead atoms. The fourth-order valence-corrected chi connectivity index (χ4v) is 1.95. The number of aromatic nitrogens is 2. The average molecular weight is 253 g/mol. The number of aryl methyl sites for hydroxylation is 1. The minimum atomic E-state index is 0.688. The first kappa shape index (κ1) is 11.7. The van der Waals surface area contributed by atoms with Crippen LogP contribution < -0.4 is 5.32 Å². The van der Waals surface area contributed by atoms with Crippen molar-refractivity contribution in [1.29, 1.82) is 0 Å². The van der Waals surface area contributed by atoms with Crippen LogP contribution in [-0.2, 0) is 6.42 Å². The zero-order chi connectivity index (χ0) is 12.9. The Morgan fingerprint density at radius 3 is 2.79 bits per heavy atom. The molecule has 1 N–H and O–H groups in total. The van der Waals surface area contributed by atoms with Crippen LogP contribution in [0.2, 0.25) is 0 Å². The first-order valence-corrected chi connectivity index (χ1v) is 6.41. The van der Waals surface area contributed by atoms with Crippen molar-refractivity contribution in [3.63, 3.8) is 0 Å². The van der Waals surface area contributed by atoms with E-state index in [1.165, 1.54) is 0 Å². The van der Waals surface area contributed by atoms with E-state index in [0.717, 1.165) is 36.5 Å². The number of anilines is 1. The molecule has 4 heteroatoms. The third-order valence-corrected chi connectivity index (χ3v) is 2.88. The predicted octanol–water partition coefficient (Wildman–Crippen LogP) is 3.27. The first-order valence-electron chi connectivity index (χ1n) is 6.41. The van der Waals surface area contributed by atoms with Crippen LogP contribution in [0.3, 0.4) is 0 Å². The second kappa shape index (κ2) is 5.52. The van der Waals surface area contributed by atoms with Gasteiger partial charge in [-0.3, -0.25) is 0 Å². The van der Waals surface area contributed by atoms with Gasteiger partial charge in [0.05, 0.1) is 0 Å². The van der Waals surface area contributed by atoms with E-state index in [1.807, 2.05) is 30.3 Å². The molecule has 0 aliphatic carbocycles. The van der Waals surface area contributed by atoms with Crippen molar-refractivity contribution in [2.24, 2.45) is 0 Å². The van der Waals surface area contributed by atoms with Gasteiger partial charge >= 0.3 is 0 Å². The Hall–Kier alpha value is -2.36. The Morgan fingerprint density at radius 2 is 1.95 bits per heavy atom. The molecule has 0 radical (unpaired) electrons. The topological polar surface area (TPSA) is 51.0 Å². The zero-order valence-electron chi connectivity index (χ0n) is 10.5. The Kier molecular flexibility index (Phi) is 3.40. The lowest BCUT2D eigenvalue weighted by atomic mass is 10.3. The van der Waals surface area contributed by atoms with Crippen molar-refractivity contribution in [3.8, 4) is 0 Å². The van der Waals surface area contributed by atoms with Crippen molar-refractivity contribution in [2.75, 3.05) is 11.9 Å². The van der Waals surface area contributed by atoms with Gasteiger partial charge in [0, 0.05) is 24.8 Å². The Labute approximate surface area is 111 Å². The van der Waals surface area contributed by atoms with Crippen LogP contribution in [-0.4, -0.2) is 16.5 Å². The van der Waals surface area contributed by atoms with Gasteiger partial charge in [0.1, 0.15) is 0 Å². The second-order valence-corrected chi connectivity index (χ2v) is 4.33. The molecule has 2 heterocycles. The van der Waals surface area contributed by atoms with Gasteiger partial charge in [-0.2, -0.15) is 4.98 Å². The quantitative estimate of drug-likeness (QED) is 0.709. The van der Waals surface area contributed by atoms with Gasteiger partial charge in [0.25, 0.3) is 0 Å². The molecule has 19 heavy (non-hydrogen) atoms. The summed E-state index contributed by atoms with van der Waals surface area (Å²) in [6.07, 6.45) is 3.52. The maximum Gasteiger partial charge on any atom is 0.198 e. The first-order chi connectivity index (χ1) is 9.42. The van der Waals surface area contributed by atoms with Crippen LogP contribution in [0.5, 0.6) is 0 Å². The molecule has 1 aromatic carbocycles. The van der Waals surface area contributed by atoms with Crippen LogP contribution in [0.25, 0.3) is 11.2 Å². The standard InChI is InChI=1S/C15H15N3O/c1-2-6-12(7-3-1)16-10-5-9-14-18-15-13(19-14)8-4-11-17-15/h1-4,6-8,11,16H,5,9-10H2. The number of hydrogen-bond acceptors (Lipinski definition) is 4. The fraction of sp³-hybridized carbons (Fsp3) is 0.200. The van der Waals surface area contributed by atoms with Gasteiger partial charge in [0.15, 0.2) is 17.1 Å². The number of fused-ring (bicyclic) bond motifs is 1. The number of nitrogens with zero attached hydrogens (tertiary/aromatic N) is 2. The van der Waals surface area contributed by atoms with Gasteiger partial charge < -0.3 is 9.73 Å². The summed E-state index contributed by atoms with van der Waals surface area (Å²) < 4.78 is 5.62. The van der Waals surface area contributed by atoms with Crippen LogP contribution in [0.4, 0.5) is 5.69 Å². The van der Waals surface area contributed by atoms with Gasteiger partial charge in [0.2, 0.25) is 0 Å². The van der Waals surface area contributed by atoms with E-state index in [0.29, 0.717) is 5.65 Å². The molecule has 0 saturated carbocycles. The van der Waals surface area contributed by atoms with E-state index in [-0.39, 0.29) is 0 Å². The van der Waals surface area contributed by atoms with Crippen LogP contribution >= 0.6 is 0 Å². The van der Waals surface area contributed by atoms with E-state index in [4.69, 9.17) is 4.42 Å². The number of hydrogen-bond donors (Lipinski definition) is 1. The van der Waals surface area contributed by atoms with E-state index in [9.17, 15) is 0 Å². The molecule has 0 unspecified atom stereocenters. The highest BCUT2D eigenvalue weighted by Gasteiger charge is 2.05. The molecular weight excluding hydrogens is 238 g/mol. The van der Waals surface area contributed by atoms with Gasteiger partial charge in [-0.15, -0.1) is 0 Å². The lowest BCUT2D eigenvalue weighted by molar-refractivity contribution is 0.523. The third kappa shape index (κ3) is 2.91. The van der Waals surface area contributed by atoms with Crippen LogP contribution in [0, 0.1) is 0 Å². The lowest BCUT2D eigenvalue weighted by Gasteiger charge is -2.04. The maximum absolute atomic E-state index is 5.62. The van der Waals surface area contributed by atoms with E-state index < -0.39 is 0 Å². The minimum Gasteiger partial charge on any atom is -0.439 e. The molecular formula is C15H15N3O. The highest BCUT2D eigenvalue weighted by Crippen LogP contribution is 2.13. The van der Waals surface area contributed by atoms with Crippen LogP contribution in [0.1, 0.15) is 12.3 Å². The molecule has 0 atom stereocenters. The molecule has 0 aliphatic heterocycles. The third-order valence-electron chi connectivity index (χ3n) is 2.88. The van der Waals surface area contributed by atoms with E-state index >= 15 is 0 Å².